The van der Waals surface area contributed by atoms with Crippen molar-refractivity contribution < 1.29 is 4.74 Å². The molecule has 1 aromatic heterocycles. The lowest BCUT2D eigenvalue weighted by Gasteiger charge is -2.20. The summed E-state index contributed by atoms with van der Waals surface area (Å²) < 4.78 is 5.39. The lowest BCUT2D eigenvalue weighted by Crippen LogP contribution is -2.30. The lowest BCUT2D eigenvalue weighted by atomic mass is 10.2. The van der Waals surface area contributed by atoms with Crippen LogP contribution in [0.4, 0.5) is 17.6 Å². The van der Waals surface area contributed by atoms with Crippen molar-refractivity contribution in [2.24, 2.45) is 0 Å². The number of nitrogens with one attached hydrogen (secondary N) is 1. The molecule has 6 nitrogen and oxygen atoms in total. The van der Waals surface area contributed by atoms with Gasteiger partial charge in [0.05, 0.1) is 12.1 Å². The van der Waals surface area contributed by atoms with Gasteiger partial charge in [0.15, 0.2) is 0 Å². The maximum absolute atomic E-state index is 5.60. The summed E-state index contributed by atoms with van der Waals surface area (Å²) in [7, 11) is 1.73. The second-order valence-electron chi connectivity index (χ2n) is 3.99. The molecule has 2 atom stereocenters. The molecule has 0 spiro atoms. The largest absolute Gasteiger partial charge is 0.383 e. The average Bonchev–Trinajstić information content (AvgIpc) is 2.63. The van der Waals surface area contributed by atoms with Crippen LogP contribution in [0.2, 0.25) is 0 Å². The van der Waals surface area contributed by atoms with Gasteiger partial charge in [0.2, 0.25) is 5.95 Å². The van der Waals surface area contributed by atoms with Gasteiger partial charge in [-0.05, 0) is 19.3 Å². The fourth-order valence-corrected chi connectivity index (χ4v) is 2.12. The van der Waals surface area contributed by atoms with Crippen molar-refractivity contribution in [2.75, 3.05) is 23.9 Å². The molecule has 1 aromatic rings. The summed E-state index contributed by atoms with van der Waals surface area (Å²) in [6.45, 7) is 0. The van der Waals surface area contributed by atoms with E-state index < -0.39 is 0 Å². The Kier molecular flexibility index (Phi) is 3.09. The third-order valence-electron chi connectivity index (χ3n) is 2.85. The van der Waals surface area contributed by atoms with Gasteiger partial charge in [-0.2, -0.15) is 9.97 Å². The van der Waals surface area contributed by atoms with E-state index in [-0.39, 0.29) is 18.1 Å². The van der Waals surface area contributed by atoms with Crippen molar-refractivity contribution in [3.63, 3.8) is 0 Å². The van der Waals surface area contributed by atoms with Crippen LogP contribution in [0.25, 0.3) is 0 Å². The van der Waals surface area contributed by atoms with E-state index in [1.54, 1.807) is 13.2 Å². The zero-order valence-corrected chi connectivity index (χ0v) is 9.31. The van der Waals surface area contributed by atoms with Gasteiger partial charge in [-0.3, -0.25) is 0 Å². The zero-order valence-electron chi connectivity index (χ0n) is 9.31. The number of nitrogens with two attached hydrogens (primary N) is 2. The van der Waals surface area contributed by atoms with Crippen molar-refractivity contribution in [1.82, 2.24) is 9.97 Å². The number of aromatic nitrogens is 2. The van der Waals surface area contributed by atoms with Crippen molar-refractivity contribution in [1.29, 1.82) is 0 Å². The molecule has 2 unspecified atom stereocenters. The molecule has 6 heteroatoms. The Hall–Kier alpha value is -1.56. The minimum Gasteiger partial charge on any atom is -0.383 e. The van der Waals surface area contributed by atoms with Crippen molar-refractivity contribution in [2.45, 2.75) is 31.4 Å². The van der Waals surface area contributed by atoms with Crippen LogP contribution in [0, 0.1) is 0 Å². The van der Waals surface area contributed by atoms with Crippen LogP contribution in [-0.2, 0) is 4.74 Å². The van der Waals surface area contributed by atoms with Crippen LogP contribution in [-0.4, -0.2) is 29.2 Å². The third kappa shape index (κ3) is 2.33. The number of methoxy groups -OCH3 is 1. The first kappa shape index (κ1) is 10.9. The van der Waals surface area contributed by atoms with Gasteiger partial charge in [-0.15, -0.1) is 0 Å². The number of hydrogen-bond donors (Lipinski definition) is 3. The quantitative estimate of drug-likeness (QED) is 0.694. The molecule has 88 valence electrons. The van der Waals surface area contributed by atoms with E-state index in [0.29, 0.717) is 11.6 Å². The SMILES string of the molecule is COC1CCCC1Nc1cc(N)nc(N)n1. The monoisotopic (exact) mass is 223 g/mol. The molecular weight excluding hydrogens is 206 g/mol. The van der Waals surface area contributed by atoms with Crippen molar-refractivity contribution in [3.8, 4) is 0 Å². The van der Waals surface area contributed by atoms with E-state index in [1.807, 2.05) is 0 Å². The molecule has 1 aliphatic rings. The van der Waals surface area contributed by atoms with Crippen LogP contribution in [0.3, 0.4) is 0 Å². The minimum atomic E-state index is 0.189. The topological polar surface area (TPSA) is 99.1 Å². The third-order valence-corrected chi connectivity index (χ3v) is 2.85. The van der Waals surface area contributed by atoms with E-state index in [0.717, 1.165) is 19.3 Å². The smallest absolute Gasteiger partial charge is 0.223 e. The minimum absolute atomic E-state index is 0.189. The Morgan fingerprint density at radius 1 is 1.38 bits per heavy atom. The van der Waals surface area contributed by atoms with Crippen molar-refractivity contribution in [3.05, 3.63) is 6.07 Å². The number of ether oxygens (including phenoxy) is 1. The summed E-state index contributed by atoms with van der Waals surface area (Å²) in [5.41, 5.74) is 11.1. The Bertz CT molecular complexity index is 350. The van der Waals surface area contributed by atoms with Gasteiger partial charge in [0, 0.05) is 13.2 Å². The molecular formula is C10H17N5O. The highest BCUT2D eigenvalue weighted by Crippen LogP contribution is 2.24. The molecule has 1 heterocycles. The summed E-state index contributed by atoms with van der Waals surface area (Å²) in [5, 5.41) is 3.29. The Balaban J connectivity index is 2.08. The van der Waals surface area contributed by atoms with Crippen LogP contribution in [0.1, 0.15) is 19.3 Å². The molecule has 0 amide bonds. The summed E-state index contributed by atoms with van der Waals surface area (Å²) in [4.78, 5) is 7.91. The molecule has 2 rings (SSSR count). The number of rotatable bonds is 3. The molecule has 16 heavy (non-hydrogen) atoms. The van der Waals surface area contributed by atoms with E-state index in [2.05, 4.69) is 15.3 Å². The number of nitrogen functional groups attached to an aromatic ring is 2. The molecule has 0 radical (unpaired) electrons. The van der Waals surface area contributed by atoms with E-state index >= 15 is 0 Å². The molecule has 0 aromatic carbocycles. The molecule has 1 fully saturated rings. The first-order valence-corrected chi connectivity index (χ1v) is 5.38. The Morgan fingerprint density at radius 3 is 2.88 bits per heavy atom. The highest BCUT2D eigenvalue weighted by molar-refractivity contribution is 5.49. The maximum Gasteiger partial charge on any atom is 0.223 e. The Labute approximate surface area is 94.4 Å². The fourth-order valence-electron chi connectivity index (χ4n) is 2.12. The van der Waals surface area contributed by atoms with Gasteiger partial charge in [0.25, 0.3) is 0 Å². The molecule has 0 bridgehead atoms. The van der Waals surface area contributed by atoms with Gasteiger partial charge in [0.1, 0.15) is 11.6 Å². The molecule has 1 aliphatic carbocycles. The Morgan fingerprint density at radius 2 is 2.19 bits per heavy atom. The van der Waals surface area contributed by atoms with Crippen LogP contribution >= 0.6 is 0 Å². The highest BCUT2D eigenvalue weighted by Gasteiger charge is 2.27. The summed E-state index contributed by atoms with van der Waals surface area (Å²) >= 11 is 0. The molecule has 0 saturated heterocycles. The van der Waals surface area contributed by atoms with Gasteiger partial charge in [-0.1, -0.05) is 0 Å². The summed E-state index contributed by atoms with van der Waals surface area (Å²) in [5.74, 6) is 1.23. The fraction of sp³-hybridized carbons (Fsp3) is 0.600. The van der Waals surface area contributed by atoms with Gasteiger partial charge in [-0.25, -0.2) is 0 Å². The first-order valence-electron chi connectivity index (χ1n) is 5.38. The second-order valence-corrected chi connectivity index (χ2v) is 3.99. The van der Waals surface area contributed by atoms with Crippen LogP contribution in [0.5, 0.6) is 0 Å². The van der Waals surface area contributed by atoms with Gasteiger partial charge >= 0.3 is 0 Å². The molecule has 0 aliphatic heterocycles. The standard InChI is InChI=1S/C10H17N5O/c1-16-7-4-2-3-6(7)13-9-5-8(11)14-10(12)15-9/h5-7H,2-4H2,1H3,(H5,11,12,13,14,15). The van der Waals surface area contributed by atoms with Crippen LogP contribution in [0.15, 0.2) is 6.07 Å². The van der Waals surface area contributed by atoms with Crippen LogP contribution < -0.4 is 16.8 Å². The molecule has 5 N–H and O–H groups in total. The maximum atomic E-state index is 5.60. The summed E-state index contributed by atoms with van der Waals surface area (Å²) in [6.07, 6.45) is 3.54. The van der Waals surface area contributed by atoms with E-state index in [9.17, 15) is 0 Å². The van der Waals surface area contributed by atoms with Gasteiger partial charge < -0.3 is 21.5 Å². The normalized spacial score (nSPS) is 24.6. The average molecular weight is 223 g/mol. The number of anilines is 3. The predicted molar refractivity (Wildman–Crippen MR) is 62.9 cm³/mol. The van der Waals surface area contributed by atoms with E-state index in [4.69, 9.17) is 16.2 Å². The molecule has 1 saturated carbocycles. The van der Waals surface area contributed by atoms with Crippen molar-refractivity contribution >= 4 is 17.6 Å². The number of nitrogens with zero attached hydrogens (tertiary/aromatic N) is 2. The zero-order chi connectivity index (χ0) is 11.5. The van der Waals surface area contributed by atoms with E-state index in [1.165, 1.54) is 0 Å². The first-order chi connectivity index (χ1) is 7.69. The predicted octanol–water partition coefficient (Wildman–Crippen LogP) is 0.620. The summed E-state index contributed by atoms with van der Waals surface area (Å²) in [6, 6.07) is 1.96. The second kappa shape index (κ2) is 4.52. The highest BCUT2D eigenvalue weighted by atomic mass is 16.5. The lowest BCUT2D eigenvalue weighted by molar-refractivity contribution is 0.101. The number of hydrogen-bond acceptors (Lipinski definition) is 6.